The maximum Gasteiger partial charge on any atom is 0.339 e. The first-order chi connectivity index (χ1) is 9.10. The Bertz CT molecular complexity index is 608. The number of aromatic carboxylic acids is 1. The van der Waals surface area contributed by atoms with Crippen molar-refractivity contribution >= 4 is 21.9 Å². The van der Waals surface area contributed by atoms with Crippen LogP contribution in [0.1, 0.15) is 22.8 Å². The molecule has 19 heavy (non-hydrogen) atoms. The molecular formula is C15H13BrO3. The number of rotatable bonds is 4. The summed E-state index contributed by atoms with van der Waals surface area (Å²) in [6.07, 6.45) is 0.904. The van der Waals surface area contributed by atoms with Gasteiger partial charge in [0.2, 0.25) is 0 Å². The number of carboxylic acid groups (broad SMARTS) is 1. The second-order valence-corrected chi connectivity index (χ2v) is 4.96. The normalized spacial score (nSPS) is 10.2. The topological polar surface area (TPSA) is 46.5 Å². The fourth-order valence-corrected chi connectivity index (χ4v) is 2.05. The lowest BCUT2D eigenvalue weighted by atomic mass is 10.1. The first-order valence-electron chi connectivity index (χ1n) is 5.90. The van der Waals surface area contributed by atoms with Gasteiger partial charge in [-0.25, -0.2) is 4.79 Å². The number of aryl methyl sites for hydroxylation is 1. The molecule has 0 radical (unpaired) electrons. The molecule has 2 aromatic rings. The lowest BCUT2D eigenvalue weighted by Gasteiger charge is -2.10. The van der Waals surface area contributed by atoms with Gasteiger partial charge in [0.1, 0.15) is 17.1 Å². The van der Waals surface area contributed by atoms with Crippen LogP contribution in [0, 0.1) is 0 Å². The van der Waals surface area contributed by atoms with Crippen molar-refractivity contribution in [2.75, 3.05) is 0 Å². The van der Waals surface area contributed by atoms with Gasteiger partial charge in [0, 0.05) is 4.47 Å². The number of hydrogen-bond donors (Lipinski definition) is 1. The Labute approximate surface area is 120 Å². The molecule has 0 atom stereocenters. The maximum absolute atomic E-state index is 11.2. The summed E-state index contributed by atoms with van der Waals surface area (Å²) in [6.45, 7) is 2.06. The second kappa shape index (κ2) is 5.89. The van der Waals surface area contributed by atoms with Gasteiger partial charge in [-0.3, -0.25) is 0 Å². The molecule has 4 heteroatoms. The van der Waals surface area contributed by atoms with Gasteiger partial charge in [0.25, 0.3) is 0 Å². The molecule has 0 aliphatic heterocycles. The van der Waals surface area contributed by atoms with Crippen LogP contribution in [0.3, 0.4) is 0 Å². The van der Waals surface area contributed by atoms with Crippen molar-refractivity contribution < 1.29 is 14.6 Å². The lowest BCUT2D eigenvalue weighted by Crippen LogP contribution is -2.00. The Morgan fingerprint density at radius 3 is 2.74 bits per heavy atom. The summed E-state index contributed by atoms with van der Waals surface area (Å²) in [4.78, 5) is 11.2. The fraction of sp³-hybridized carbons (Fsp3) is 0.133. The number of ether oxygens (including phenoxy) is 1. The minimum Gasteiger partial charge on any atom is -0.478 e. The van der Waals surface area contributed by atoms with E-state index >= 15 is 0 Å². The Hall–Kier alpha value is -1.81. The van der Waals surface area contributed by atoms with Gasteiger partial charge in [0.15, 0.2) is 0 Å². The Balaban J connectivity index is 2.36. The molecule has 3 nitrogen and oxygen atoms in total. The maximum atomic E-state index is 11.2. The van der Waals surface area contributed by atoms with E-state index in [0.717, 1.165) is 16.5 Å². The summed E-state index contributed by atoms with van der Waals surface area (Å²) in [5.41, 5.74) is 1.29. The molecular weight excluding hydrogens is 308 g/mol. The van der Waals surface area contributed by atoms with Crippen LogP contribution < -0.4 is 4.74 Å². The van der Waals surface area contributed by atoms with Crippen LogP contribution in [0.5, 0.6) is 11.5 Å². The van der Waals surface area contributed by atoms with Crippen molar-refractivity contribution in [3.8, 4) is 11.5 Å². The molecule has 0 saturated carbocycles. The van der Waals surface area contributed by atoms with E-state index in [-0.39, 0.29) is 5.56 Å². The summed E-state index contributed by atoms with van der Waals surface area (Å²) in [7, 11) is 0. The van der Waals surface area contributed by atoms with E-state index < -0.39 is 5.97 Å². The zero-order chi connectivity index (χ0) is 13.8. The third-order valence-corrected chi connectivity index (χ3v) is 3.20. The highest BCUT2D eigenvalue weighted by atomic mass is 79.9. The van der Waals surface area contributed by atoms with Gasteiger partial charge >= 0.3 is 5.97 Å². The second-order valence-electron chi connectivity index (χ2n) is 4.05. The smallest absolute Gasteiger partial charge is 0.339 e. The predicted molar refractivity (Wildman–Crippen MR) is 77.0 cm³/mol. The Kier molecular flexibility index (Phi) is 4.22. The van der Waals surface area contributed by atoms with Crippen LogP contribution in [0.4, 0.5) is 0 Å². The predicted octanol–water partition coefficient (Wildman–Crippen LogP) is 4.50. The van der Waals surface area contributed by atoms with E-state index in [4.69, 9.17) is 9.84 Å². The molecule has 1 N–H and O–H groups in total. The Morgan fingerprint density at radius 1 is 1.26 bits per heavy atom. The van der Waals surface area contributed by atoms with Crippen molar-refractivity contribution in [3.63, 3.8) is 0 Å². The molecule has 0 unspecified atom stereocenters. The van der Waals surface area contributed by atoms with Crippen LogP contribution in [0.15, 0.2) is 46.9 Å². The number of halogens is 1. The summed E-state index contributed by atoms with van der Waals surface area (Å²) in [5.74, 6) is -0.0378. The highest BCUT2D eigenvalue weighted by molar-refractivity contribution is 9.10. The summed E-state index contributed by atoms with van der Waals surface area (Å²) in [6, 6.07) is 12.5. The molecule has 0 amide bonds. The summed E-state index contributed by atoms with van der Waals surface area (Å²) in [5, 5.41) is 9.14. The van der Waals surface area contributed by atoms with E-state index in [1.54, 1.807) is 12.1 Å². The fourth-order valence-electron chi connectivity index (χ4n) is 1.71. The number of carboxylic acids is 1. The number of carbonyl (C=O) groups is 1. The van der Waals surface area contributed by atoms with Gasteiger partial charge < -0.3 is 9.84 Å². The number of benzene rings is 2. The first-order valence-corrected chi connectivity index (χ1v) is 6.69. The third-order valence-electron chi connectivity index (χ3n) is 2.71. The molecule has 0 aromatic heterocycles. The molecule has 0 aliphatic carbocycles. The van der Waals surface area contributed by atoms with Crippen LogP contribution in [0.2, 0.25) is 0 Å². The van der Waals surface area contributed by atoms with Crippen molar-refractivity contribution in [1.29, 1.82) is 0 Å². The lowest BCUT2D eigenvalue weighted by molar-refractivity contribution is 0.0694. The largest absolute Gasteiger partial charge is 0.478 e. The van der Waals surface area contributed by atoms with Gasteiger partial charge in [-0.1, -0.05) is 35.0 Å². The van der Waals surface area contributed by atoms with E-state index in [9.17, 15) is 4.79 Å². The van der Waals surface area contributed by atoms with Crippen LogP contribution >= 0.6 is 15.9 Å². The van der Waals surface area contributed by atoms with Gasteiger partial charge in [-0.2, -0.15) is 0 Å². The summed E-state index contributed by atoms with van der Waals surface area (Å²) < 4.78 is 6.46. The van der Waals surface area contributed by atoms with Crippen molar-refractivity contribution in [1.82, 2.24) is 0 Å². The van der Waals surface area contributed by atoms with E-state index in [0.29, 0.717) is 11.5 Å². The van der Waals surface area contributed by atoms with E-state index in [2.05, 4.69) is 22.9 Å². The van der Waals surface area contributed by atoms with Crippen LogP contribution in [-0.2, 0) is 6.42 Å². The standard InChI is InChI=1S/C15H13BrO3/c1-2-10-4-3-5-12(8-10)19-14-9-11(16)6-7-13(14)15(17)18/h3-9H,2H2,1H3,(H,17,18). The molecule has 0 heterocycles. The Morgan fingerprint density at radius 2 is 2.05 bits per heavy atom. The molecule has 0 aliphatic rings. The average molecular weight is 321 g/mol. The van der Waals surface area contributed by atoms with Gasteiger partial charge in [0.05, 0.1) is 0 Å². The van der Waals surface area contributed by atoms with E-state index in [1.807, 2.05) is 24.3 Å². The van der Waals surface area contributed by atoms with Gasteiger partial charge in [-0.05, 0) is 42.3 Å². The molecule has 0 fully saturated rings. The quantitative estimate of drug-likeness (QED) is 0.902. The monoisotopic (exact) mass is 320 g/mol. The average Bonchev–Trinajstić information content (AvgIpc) is 2.38. The van der Waals surface area contributed by atoms with Crippen LogP contribution in [0.25, 0.3) is 0 Å². The zero-order valence-electron chi connectivity index (χ0n) is 10.4. The molecule has 2 rings (SSSR count). The SMILES string of the molecule is CCc1cccc(Oc2cc(Br)ccc2C(=O)O)c1. The zero-order valence-corrected chi connectivity index (χ0v) is 12.0. The van der Waals surface area contributed by atoms with Crippen LogP contribution in [-0.4, -0.2) is 11.1 Å². The highest BCUT2D eigenvalue weighted by Crippen LogP contribution is 2.29. The minimum atomic E-state index is -1.01. The minimum absolute atomic E-state index is 0.144. The number of hydrogen-bond acceptors (Lipinski definition) is 2. The van der Waals surface area contributed by atoms with Crippen molar-refractivity contribution in [2.24, 2.45) is 0 Å². The molecule has 98 valence electrons. The van der Waals surface area contributed by atoms with Crippen molar-refractivity contribution in [2.45, 2.75) is 13.3 Å². The highest BCUT2D eigenvalue weighted by Gasteiger charge is 2.12. The molecule has 0 spiro atoms. The third kappa shape index (κ3) is 3.35. The van der Waals surface area contributed by atoms with E-state index in [1.165, 1.54) is 6.07 Å². The molecule has 0 saturated heterocycles. The molecule has 2 aromatic carbocycles. The van der Waals surface area contributed by atoms with Gasteiger partial charge in [-0.15, -0.1) is 0 Å². The molecule has 0 bridgehead atoms. The summed E-state index contributed by atoms with van der Waals surface area (Å²) >= 11 is 3.31. The first kappa shape index (κ1) is 13.6. The van der Waals surface area contributed by atoms with Crippen molar-refractivity contribution in [3.05, 3.63) is 58.1 Å².